The molecule has 1 aromatic heterocycles. The summed E-state index contributed by atoms with van der Waals surface area (Å²) >= 11 is 0. The molecule has 10 heavy (non-hydrogen) atoms. The Morgan fingerprint density at radius 1 is 1.80 bits per heavy atom. The maximum absolute atomic E-state index is 8.58. The van der Waals surface area contributed by atoms with Crippen molar-refractivity contribution in [2.75, 3.05) is 6.61 Å². The van der Waals surface area contributed by atoms with Crippen LogP contribution in [0.15, 0.2) is 16.9 Å². The molecular formula is C7H11NO2. The van der Waals surface area contributed by atoms with Crippen LogP contribution < -0.4 is 0 Å². The van der Waals surface area contributed by atoms with Crippen molar-refractivity contribution in [2.45, 2.75) is 19.3 Å². The summed E-state index contributed by atoms with van der Waals surface area (Å²) in [6.07, 6.45) is 2.29. The summed E-state index contributed by atoms with van der Waals surface area (Å²) in [7, 11) is 0. The van der Waals surface area contributed by atoms with E-state index in [-0.39, 0.29) is 6.61 Å². The Morgan fingerprint density at radius 3 is 3.10 bits per heavy atom. The standard InChI is InChI=1S/C7H11NO2/c1-6(2-4-9)7-3-5-10-8-7/h3,5-6,9H,2,4H2,1H3. The van der Waals surface area contributed by atoms with Gasteiger partial charge in [0, 0.05) is 18.6 Å². The minimum absolute atomic E-state index is 0.202. The van der Waals surface area contributed by atoms with Gasteiger partial charge in [0.05, 0.1) is 5.69 Å². The summed E-state index contributed by atoms with van der Waals surface area (Å²) in [6, 6.07) is 1.82. The monoisotopic (exact) mass is 141 g/mol. The lowest BCUT2D eigenvalue weighted by atomic mass is 10.1. The lowest BCUT2D eigenvalue weighted by Gasteiger charge is -2.02. The van der Waals surface area contributed by atoms with Gasteiger partial charge in [0.25, 0.3) is 0 Å². The van der Waals surface area contributed by atoms with Crippen molar-refractivity contribution >= 4 is 0 Å². The quantitative estimate of drug-likeness (QED) is 0.687. The fourth-order valence-electron chi connectivity index (χ4n) is 0.818. The van der Waals surface area contributed by atoms with Gasteiger partial charge in [-0.3, -0.25) is 0 Å². The highest BCUT2D eigenvalue weighted by Crippen LogP contribution is 2.15. The third-order valence-electron chi connectivity index (χ3n) is 1.52. The van der Waals surface area contributed by atoms with Crippen LogP contribution in [-0.2, 0) is 0 Å². The average molecular weight is 141 g/mol. The Hall–Kier alpha value is -0.830. The van der Waals surface area contributed by atoms with E-state index < -0.39 is 0 Å². The second kappa shape index (κ2) is 3.37. The van der Waals surface area contributed by atoms with E-state index >= 15 is 0 Å². The Morgan fingerprint density at radius 2 is 2.60 bits per heavy atom. The van der Waals surface area contributed by atoms with Crippen LogP contribution in [0.2, 0.25) is 0 Å². The lowest BCUT2D eigenvalue weighted by Crippen LogP contribution is -1.96. The predicted octanol–water partition coefficient (Wildman–Crippen LogP) is 1.16. The zero-order valence-electron chi connectivity index (χ0n) is 5.95. The number of hydrogen-bond acceptors (Lipinski definition) is 3. The number of aliphatic hydroxyl groups excluding tert-OH is 1. The second-order valence-electron chi connectivity index (χ2n) is 2.34. The fraction of sp³-hybridized carbons (Fsp3) is 0.571. The molecule has 0 radical (unpaired) electrons. The molecule has 0 saturated carbocycles. The van der Waals surface area contributed by atoms with E-state index in [0.29, 0.717) is 5.92 Å². The molecule has 0 aliphatic heterocycles. The van der Waals surface area contributed by atoms with Gasteiger partial charge in [0.15, 0.2) is 0 Å². The van der Waals surface area contributed by atoms with Crippen molar-refractivity contribution in [1.82, 2.24) is 5.16 Å². The van der Waals surface area contributed by atoms with E-state index in [2.05, 4.69) is 9.68 Å². The highest BCUT2D eigenvalue weighted by Gasteiger charge is 2.06. The van der Waals surface area contributed by atoms with Crippen LogP contribution >= 0.6 is 0 Å². The molecule has 1 rings (SSSR count). The molecule has 0 fully saturated rings. The van der Waals surface area contributed by atoms with E-state index in [9.17, 15) is 0 Å². The van der Waals surface area contributed by atoms with E-state index in [1.54, 1.807) is 6.26 Å². The zero-order valence-corrected chi connectivity index (χ0v) is 5.95. The van der Waals surface area contributed by atoms with Crippen molar-refractivity contribution in [2.24, 2.45) is 0 Å². The first-order valence-electron chi connectivity index (χ1n) is 3.35. The largest absolute Gasteiger partial charge is 0.396 e. The molecule has 3 nitrogen and oxygen atoms in total. The molecule has 0 spiro atoms. The molecule has 0 aliphatic rings. The van der Waals surface area contributed by atoms with Crippen LogP contribution in [0.3, 0.4) is 0 Å². The first-order chi connectivity index (χ1) is 4.84. The average Bonchev–Trinajstić information content (AvgIpc) is 2.38. The summed E-state index contributed by atoms with van der Waals surface area (Å²) in [4.78, 5) is 0. The summed E-state index contributed by atoms with van der Waals surface area (Å²) in [5, 5.41) is 12.3. The van der Waals surface area contributed by atoms with Crippen LogP contribution in [0.5, 0.6) is 0 Å². The molecule has 0 saturated heterocycles. The molecular weight excluding hydrogens is 130 g/mol. The van der Waals surface area contributed by atoms with Gasteiger partial charge >= 0.3 is 0 Å². The maximum atomic E-state index is 8.58. The van der Waals surface area contributed by atoms with E-state index in [0.717, 1.165) is 12.1 Å². The van der Waals surface area contributed by atoms with Gasteiger partial charge in [-0.05, 0) is 6.42 Å². The SMILES string of the molecule is CC(CCO)c1ccon1. The number of hydrogen-bond donors (Lipinski definition) is 1. The van der Waals surface area contributed by atoms with Crippen LogP contribution in [0, 0.1) is 0 Å². The summed E-state index contributed by atoms with van der Waals surface area (Å²) < 4.78 is 4.65. The minimum atomic E-state index is 0.202. The van der Waals surface area contributed by atoms with Gasteiger partial charge in [0.2, 0.25) is 0 Å². The molecule has 56 valence electrons. The summed E-state index contributed by atoms with van der Waals surface area (Å²) in [5.74, 6) is 0.295. The van der Waals surface area contributed by atoms with E-state index in [1.807, 2.05) is 13.0 Å². The van der Waals surface area contributed by atoms with Crippen LogP contribution in [-0.4, -0.2) is 16.9 Å². The fourth-order valence-corrected chi connectivity index (χ4v) is 0.818. The summed E-state index contributed by atoms with van der Waals surface area (Å²) in [5.41, 5.74) is 0.911. The van der Waals surface area contributed by atoms with E-state index in [4.69, 9.17) is 5.11 Å². The Labute approximate surface area is 59.7 Å². The maximum Gasteiger partial charge on any atom is 0.124 e. The molecule has 1 aromatic rings. The normalized spacial score (nSPS) is 13.4. The minimum Gasteiger partial charge on any atom is -0.396 e. The number of aliphatic hydroxyl groups is 1. The van der Waals surface area contributed by atoms with Crippen LogP contribution in [0.1, 0.15) is 25.0 Å². The van der Waals surface area contributed by atoms with Crippen molar-refractivity contribution < 1.29 is 9.63 Å². The number of nitrogens with zero attached hydrogens (tertiary/aromatic N) is 1. The Balaban J connectivity index is 2.50. The topological polar surface area (TPSA) is 46.3 Å². The zero-order chi connectivity index (χ0) is 7.40. The van der Waals surface area contributed by atoms with Crippen molar-refractivity contribution in [1.29, 1.82) is 0 Å². The molecule has 0 aliphatic carbocycles. The number of aromatic nitrogens is 1. The number of rotatable bonds is 3. The molecule has 3 heteroatoms. The summed E-state index contributed by atoms with van der Waals surface area (Å²) in [6.45, 7) is 2.21. The van der Waals surface area contributed by atoms with Crippen molar-refractivity contribution in [3.05, 3.63) is 18.0 Å². The van der Waals surface area contributed by atoms with Gasteiger partial charge in [0.1, 0.15) is 6.26 Å². The van der Waals surface area contributed by atoms with Gasteiger partial charge in [-0.1, -0.05) is 12.1 Å². The van der Waals surface area contributed by atoms with Gasteiger partial charge in [-0.25, -0.2) is 0 Å². The molecule has 1 heterocycles. The Kier molecular flexibility index (Phi) is 2.45. The first-order valence-corrected chi connectivity index (χ1v) is 3.35. The molecule has 1 unspecified atom stereocenters. The predicted molar refractivity (Wildman–Crippen MR) is 36.6 cm³/mol. The van der Waals surface area contributed by atoms with Gasteiger partial charge in [-0.15, -0.1) is 0 Å². The lowest BCUT2D eigenvalue weighted by molar-refractivity contribution is 0.276. The van der Waals surface area contributed by atoms with Gasteiger partial charge < -0.3 is 9.63 Å². The van der Waals surface area contributed by atoms with Gasteiger partial charge in [-0.2, -0.15) is 0 Å². The first kappa shape index (κ1) is 7.28. The third kappa shape index (κ3) is 1.57. The Bertz CT molecular complexity index is 172. The van der Waals surface area contributed by atoms with Crippen LogP contribution in [0.25, 0.3) is 0 Å². The molecule has 0 aromatic carbocycles. The van der Waals surface area contributed by atoms with Crippen LogP contribution in [0.4, 0.5) is 0 Å². The third-order valence-corrected chi connectivity index (χ3v) is 1.52. The second-order valence-corrected chi connectivity index (χ2v) is 2.34. The van der Waals surface area contributed by atoms with E-state index in [1.165, 1.54) is 0 Å². The smallest absolute Gasteiger partial charge is 0.124 e. The molecule has 1 N–H and O–H groups in total. The van der Waals surface area contributed by atoms with Crippen molar-refractivity contribution in [3.8, 4) is 0 Å². The van der Waals surface area contributed by atoms with Crippen molar-refractivity contribution in [3.63, 3.8) is 0 Å². The highest BCUT2D eigenvalue weighted by molar-refractivity contribution is 5.01. The molecule has 1 atom stereocenters. The molecule has 0 amide bonds. The molecule has 0 bridgehead atoms. The highest BCUT2D eigenvalue weighted by atomic mass is 16.5.